The van der Waals surface area contributed by atoms with Gasteiger partial charge in [-0.3, -0.25) is 19.2 Å². The summed E-state index contributed by atoms with van der Waals surface area (Å²) in [7, 11) is 1.53. The van der Waals surface area contributed by atoms with Gasteiger partial charge >= 0.3 is 5.97 Å². The van der Waals surface area contributed by atoms with E-state index in [2.05, 4.69) is 16.0 Å². The monoisotopic (exact) mass is 403 g/mol. The lowest BCUT2D eigenvalue weighted by molar-refractivity contribution is -0.147. The Kier molecular flexibility index (Phi) is 7.70. The third-order valence-electron chi connectivity index (χ3n) is 3.66. The Labute approximate surface area is 166 Å². The lowest BCUT2D eigenvalue weighted by atomic mass is 10.1. The van der Waals surface area contributed by atoms with Crippen molar-refractivity contribution in [3.63, 3.8) is 0 Å². The second kappa shape index (κ2) is 10.2. The number of carbonyl (C=O) groups excluding carboxylic acids is 4. The first kappa shape index (κ1) is 21.1. The minimum Gasteiger partial charge on any atom is -0.455 e. The molecule has 0 aliphatic rings. The molecule has 1 atom stereocenters. The van der Waals surface area contributed by atoms with Crippen molar-refractivity contribution in [1.29, 1.82) is 0 Å². The molecule has 0 saturated carbocycles. The number of hydrogen-bond donors (Lipinski definition) is 3. The van der Waals surface area contributed by atoms with Gasteiger partial charge in [-0.2, -0.15) is 0 Å². The number of amides is 3. The maximum absolute atomic E-state index is 12.0. The average Bonchev–Trinajstić information content (AvgIpc) is 3.20. The third kappa shape index (κ3) is 6.51. The average molecular weight is 403 g/mol. The van der Waals surface area contributed by atoms with Crippen LogP contribution in [0.15, 0.2) is 41.8 Å². The Morgan fingerprint density at radius 1 is 1.11 bits per heavy atom. The molecule has 0 aliphatic carbocycles. The summed E-state index contributed by atoms with van der Waals surface area (Å²) in [5.41, 5.74) is 0.938. The van der Waals surface area contributed by atoms with E-state index in [1.165, 1.54) is 25.3 Å². The van der Waals surface area contributed by atoms with Crippen molar-refractivity contribution in [2.24, 2.45) is 0 Å². The first-order valence-electron chi connectivity index (χ1n) is 8.47. The first-order valence-corrected chi connectivity index (χ1v) is 9.35. The molecule has 1 unspecified atom stereocenters. The summed E-state index contributed by atoms with van der Waals surface area (Å²) >= 11 is 1.42. The lowest BCUT2D eigenvalue weighted by Gasteiger charge is -2.15. The lowest BCUT2D eigenvalue weighted by Crippen LogP contribution is -2.29. The van der Waals surface area contributed by atoms with Gasteiger partial charge in [0.15, 0.2) is 6.61 Å². The van der Waals surface area contributed by atoms with Gasteiger partial charge in [0.05, 0.1) is 12.5 Å². The van der Waals surface area contributed by atoms with E-state index in [9.17, 15) is 19.2 Å². The zero-order valence-electron chi connectivity index (χ0n) is 15.5. The number of hydrogen-bond acceptors (Lipinski definition) is 6. The zero-order chi connectivity index (χ0) is 20.5. The van der Waals surface area contributed by atoms with Crippen LogP contribution >= 0.6 is 11.3 Å². The van der Waals surface area contributed by atoms with Crippen molar-refractivity contribution in [1.82, 2.24) is 10.6 Å². The Balaban J connectivity index is 1.83. The predicted octanol–water partition coefficient (Wildman–Crippen LogP) is 1.86. The van der Waals surface area contributed by atoms with Gasteiger partial charge in [-0.05, 0) is 35.7 Å². The number of benzene rings is 1. The SMILES string of the molecule is CNC(=O)c1ccc(NC(=O)COC(=O)CC(NC(C)=O)c2cccs2)cc1. The minimum atomic E-state index is -0.600. The van der Waals surface area contributed by atoms with Crippen molar-refractivity contribution >= 4 is 40.7 Å². The second-order valence-corrected chi connectivity index (χ2v) is 6.82. The number of carbonyl (C=O) groups is 4. The molecule has 1 heterocycles. The number of nitrogens with one attached hydrogen (secondary N) is 3. The summed E-state index contributed by atoms with van der Waals surface area (Å²) in [6.45, 7) is 0.919. The fourth-order valence-electron chi connectivity index (χ4n) is 2.38. The van der Waals surface area contributed by atoms with Gasteiger partial charge in [-0.15, -0.1) is 11.3 Å². The molecule has 0 radical (unpaired) electrons. The molecule has 0 fully saturated rings. The van der Waals surface area contributed by atoms with Gasteiger partial charge in [-0.1, -0.05) is 6.07 Å². The molecule has 8 nitrogen and oxygen atoms in total. The van der Waals surface area contributed by atoms with Crippen molar-refractivity contribution in [3.8, 4) is 0 Å². The van der Waals surface area contributed by atoms with E-state index >= 15 is 0 Å². The summed E-state index contributed by atoms with van der Waals surface area (Å²) in [4.78, 5) is 47.6. The molecule has 0 bridgehead atoms. The topological polar surface area (TPSA) is 114 Å². The summed E-state index contributed by atoms with van der Waals surface area (Å²) in [6.07, 6.45) is -0.0752. The smallest absolute Gasteiger partial charge is 0.308 e. The molecule has 2 rings (SSSR count). The van der Waals surface area contributed by atoms with Crippen LogP contribution in [0.3, 0.4) is 0 Å². The van der Waals surface area contributed by atoms with E-state index in [1.807, 2.05) is 17.5 Å². The Hall–Kier alpha value is -3.20. The number of anilines is 1. The standard InChI is InChI=1S/C19H21N3O5S/c1-12(23)21-15(16-4-3-9-28-16)10-18(25)27-11-17(24)22-14-7-5-13(6-8-14)19(26)20-2/h3-9,15H,10-11H2,1-2H3,(H,20,26)(H,21,23)(H,22,24). The third-order valence-corrected chi connectivity index (χ3v) is 4.64. The van der Waals surface area contributed by atoms with Crippen LogP contribution in [-0.2, 0) is 19.1 Å². The highest BCUT2D eigenvalue weighted by molar-refractivity contribution is 7.10. The van der Waals surface area contributed by atoms with Crippen LogP contribution in [0.5, 0.6) is 0 Å². The number of ether oxygens (including phenoxy) is 1. The molecule has 2 aromatic rings. The van der Waals surface area contributed by atoms with E-state index in [0.29, 0.717) is 11.3 Å². The maximum atomic E-state index is 12.0. The molecule has 0 spiro atoms. The molecule has 28 heavy (non-hydrogen) atoms. The maximum Gasteiger partial charge on any atom is 0.308 e. The molecule has 1 aromatic heterocycles. The molecule has 3 N–H and O–H groups in total. The van der Waals surface area contributed by atoms with Crippen LogP contribution in [-0.4, -0.2) is 37.3 Å². The van der Waals surface area contributed by atoms with Crippen LogP contribution in [0.25, 0.3) is 0 Å². The summed E-state index contributed by atoms with van der Waals surface area (Å²) in [6, 6.07) is 9.43. The molecule has 1 aromatic carbocycles. The highest BCUT2D eigenvalue weighted by Gasteiger charge is 2.19. The Morgan fingerprint density at radius 3 is 2.39 bits per heavy atom. The number of rotatable bonds is 8. The van der Waals surface area contributed by atoms with Gasteiger partial charge in [0.2, 0.25) is 5.91 Å². The summed E-state index contributed by atoms with van der Waals surface area (Å²) in [5, 5.41) is 9.62. The predicted molar refractivity (Wildman–Crippen MR) is 105 cm³/mol. The molecular weight excluding hydrogens is 382 g/mol. The van der Waals surface area contributed by atoms with Crippen LogP contribution < -0.4 is 16.0 Å². The molecule has 0 saturated heterocycles. The van der Waals surface area contributed by atoms with Crippen molar-refractivity contribution in [2.45, 2.75) is 19.4 Å². The number of esters is 1. The van der Waals surface area contributed by atoms with E-state index in [4.69, 9.17) is 4.74 Å². The van der Waals surface area contributed by atoms with E-state index in [-0.39, 0.29) is 18.2 Å². The fourth-order valence-corrected chi connectivity index (χ4v) is 3.15. The Bertz CT molecular complexity index is 834. The van der Waals surface area contributed by atoms with Crippen LogP contribution in [0.4, 0.5) is 5.69 Å². The molecule has 148 valence electrons. The van der Waals surface area contributed by atoms with Crippen molar-refractivity contribution in [3.05, 3.63) is 52.2 Å². The van der Waals surface area contributed by atoms with Gasteiger partial charge < -0.3 is 20.7 Å². The molecular formula is C19H21N3O5S. The first-order chi connectivity index (χ1) is 13.4. The Morgan fingerprint density at radius 2 is 1.82 bits per heavy atom. The fraction of sp³-hybridized carbons (Fsp3) is 0.263. The van der Waals surface area contributed by atoms with Crippen LogP contribution in [0, 0.1) is 0 Å². The van der Waals surface area contributed by atoms with Crippen LogP contribution in [0.1, 0.15) is 34.6 Å². The van der Waals surface area contributed by atoms with E-state index in [0.717, 1.165) is 4.88 Å². The van der Waals surface area contributed by atoms with Gasteiger partial charge in [0, 0.05) is 30.1 Å². The summed E-state index contributed by atoms with van der Waals surface area (Å²) in [5.74, 6) is -1.60. The highest BCUT2D eigenvalue weighted by Crippen LogP contribution is 2.22. The van der Waals surface area contributed by atoms with Gasteiger partial charge in [-0.25, -0.2) is 0 Å². The zero-order valence-corrected chi connectivity index (χ0v) is 16.3. The van der Waals surface area contributed by atoms with Crippen LogP contribution in [0.2, 0.25) is 0 Å². The molecule has 9 heteroatoms. The summed E-state index contributed by atoms with van der Waals surface area (Å²) < 4.78 is 5.00. The minimum absolute atomic E-state index is 0.0752. The highest BCUT2D eigenvalue weighted by atomic mass is 32.1. The van der Waals surface area contributed by atoms with E-state index in [1.54, 1.807) is 24.3 Å². The molecule has 0 aliphatic heterocycles. The van der Waals surface area contributed by atoms with Gasteiger partial charge in [0.1, 0.15) is 0 Å². The normalized spacial score (nSPS) is 11.2. The molecule has 3 amide bonds. The largest absolute Gasteiger partial charge is 0.455 e. The van der Waals surface area contributed by atoms with E-state index < -0.39 is 24.5 Å². The van der Waals surface area contributed by atoms with Crippen molar-refractivity contribution < 1.29 is 23.9 Å². The number of thiophene rings is 1. The second-order valence-electron chi connectivity index (χ2n) is 5.84. The van der Waals surface area contributed by atoms with Gasteiger partial charge in [0.25, 0.3) is 11.8 Å². The van der Waals surface area contributed by atoms with Crippen molar-refractivity contribution in [2.75, 3.05) is 19.0 Å². The quantitative estimate of drug-likeness (QED) is 0.582.